The maximum Gasteiger partial charge on any atom is 0.153 e. The number of hydrogen-bond acceptors (Lipinski definition) is 2. The van der Waals surface area contributed by atoms with Crippen LogP contribution in [0, 0.1) is 5.82 Å². The van der Waals surface area contributed by atoms with E-state index in [0.717, 1.165) is 25.9 Å². The zero-order chi connectivity index (χ0) is 12.7. The predicted octanol–water partition coefficient (Wildman–Crippen LogP) is 4.29. The molecule has 96 valence electrons. The Hall–Kier alpha value is -0.650. The Morgan fingerprint density at radius 3 is 3.06 bits per heavy atom. The number of nitrogens with zero attached hydrogens (tertiary/aromatic N) is 2. The molecule has 0 radical (unpaired) electrons. The van der Waals surface area contributed by atoms with Crippen molar-refractivity contribution in [2.45, 2.75) is 25.5 Å². The van der Waals surface area contributed by atoms with E-state index in [0.29, 0.717) is 15.4 Å². The Labute approximate surface area is 117 Å². The monoisotopic (exact) mass is 332 g/mol. The third kappa shape index (κ3) is 1.94. The molecule has 2 aromatic rings. The van der Waals surface area contributed by atoms with Crippen LogP contribution in [-0.2, 0) is 4.74 Å². The third-order valence-electron chi connectivity index (χ3n) is 3.16. The highest BCUT2D eigenvalue weighted by Gasteiger charge is 2.21. The number of benzene rings is 1. The summed E-state index contributed by atoms with van der Waals surface area (Å²) in [5.74, 6) is -0.442. The maximum absolute atomic E-state index is 14.0. The van der Waals surface area contributed by atoms with Crippen LogP contribution >= 0.6 is 27.5 Å². The van der Waals surface area contributed by atoms with Crippen molar-refractivity contribution in [2.75, 3.05) is 6.61 Å². The normalized spacial score (nSPS) is 20.5. The summed E-state index contributed by atoms with van der Waals surface area (Å²) >= 11 is 9.12. The second-order valence-electron chi connectivity index (χ2n) is 4.33. The average Bonchev–Trinajstić information content (AvgIpc) is 2.81. The third-order valence-corrected chi connectivity index (χ3v) is 4.39. The highest BCUT2D eigenvalue weighted by molar-refractivity contribution is 9.10. The van der Waals surface area contributed by atoms with Gasteiger partial charge in [0, 0.05) is 11.1 Å². The molecule has 1 saturated heterocycles. The van der Waals surface area contributed by atoms with Crippen molar-refractivity contribution in [3.8, 4) is 0 Å². The van der Waals surface area contributed by atoms with E-state index in [1.165, 1.54) is 6.20 Å². The van der Waals surface area contributed by atoms with Crippen molar-refractivity contribution < 1.29 is 9.13 Å². The van der Waals surface area contributed by atoms with Gasteiger partial charge in [-0.15, -0.1) is 0 Å². The molecule has 1 aliphatic rings. The van der Waals surface area contributed by atoms with E-state index >= 15 is 0 Å². The summed E-state index contributed by atoms with van der Waals surface area (Å²) in [6.07, 6.45) is 4.46. The van der Waals surface area contributed by atoms with Crippen molar-refractivity contribution in [3.05, 3.63) is 27.6 Å². The van der Waals surface area contributed by atoms with Gasteiger partial charge in [-0.2, -0.15) is 5.10 Å². The largest absolute Gasteiger partial charge is 0.356 e. The van der Waals surface area contributed by atoms with E-state index in [-0.39, 0.29) is 11.3 Å². The van der Waals surface area contributed by atoms with Gasteiger partial charge in [0.25, 0.3) is 0 Å². The van der Waals surface area contributed by atoms with E-state index in [1.54, 1.807) is 10.7 Å². The quantitative estimate of drug-likeness (QED) is 0.728. The van der Waals surface area contributed by atoms with Crippen molar-refractivity contribution >= 4 is 38.4 Å². The Balaban J connectivity index is 2.13. The van der Waals surface area contributed by atoms with Crippen molar-refractivity contribution in [3.63, 3.8) is 0 Å². The smallest absolute Gasteiger partial charge is 0.153 e. The molecule has 0 amide bonds. The average molecular weight is 334 g/mol. The minimum Gasteiger partial charge on any atom is -0.356 e. The van der Waals surface area contributed by atoms with Gasteiger partial charge in [-0.05, 0) is 41.3 Å². The van der Waals surface area contributed by atoms with Gasteiger partial charge in [-0.1, -0.05) is 11.6 Å². The molecular weight excluding hydrogens is 323 g/mol. The first kappa shape index (κ1) is 12.4. The van der Waals surface area contributed by atoms with Crippen molar-refractivity contribution in [2.24, 2.45) is 0 Å². The molecule has 1 unspecified atom stereocenters. The van der Waals surface area contributed by atoms with Crippen molar-refractivity contribution in [1.29, 1.82) is 0 Å². The number of halogens is 3. The molecule has 1 aromatic carbocycles. The topological polar surface area (TPSA) is 27.1 Å². The van der Waals surface area contributed by atoms with Crippen LogP contribution in [0.3, 0.4) is 0 Å². The first-order valence-electron chi connectivity index (χ1n) is 5.81. The van der Waals surface area contributed by atoms with Crippen LogP contribution in [0.2, 0.25) is 5.02 Å². The number of aromatic nitrogens is 2. The highest BCUT2D eigenvalue weighted by Crippen LogP contribution is 2.34. The summed E-state index contributed by atoms with van der Waals surface area (Å²) in [7, 11) is 0. The Morgan fingerprint density at radius 2 is 2.33 bits per heavy atom. The molecule has 0 aliphatic carbocycles. The van der Waals surface area contributed by atoms with E-state index in [2.05, 4.69) is 21.0 Å². The molecule has 0 bridgehead atoms. The molecule has 2 heterocycles. The first-order chi connectivity index (χ1) is 8.68. The molecule has 1 atom stereocenters. The fourth-order valence-electron chi connectivity index (χ4n) is 2.24. The summed E-state index contributed by atoms with van der Waals surface area (Å²) in [5.41, 5.74) is 0.704. The summed E-state index contributed by atoms with van der Waals surface area (Å²) in [6.45, 7) is 0.725. The molecule has 3 rings (SSSR count). The molecule has 1 aromatic heterocycles. The molecule has 0 saturated carbocycles. The van der Waals surface area contributed by atoms with Gasteiger partial charge in [0.05, 0.1) is 22.1 Å². The zero-order valence-electron chi connectivity index (χ0n) is 9.50. The number of hydrogen-bond donors (Lipinski definition) is 0. The predicted molar refractivity (Wildman–Crippen MR) is 71.2 cm³/mol. The highest BCUT2D eigenvalue weighted by atomic mass is 79.9. The lowest BCUT2D eigenvalue weighted by molar-refractivity contribution is -0.0366. The molecule has 1 aliphatic heterocycles. The van der Waals surface area contributed by atoms with Gasteiger partial charge in [0.2, 0.25) is 0 Å². The van der Waals surface area contributed by atoms with Crippen LogP contribution in [0.5, 0.6) is 0 Å². The molecule has 0 N–H and O–H groups in total. The van der Waals surface area contributed by atoms with Crippen LogP contribution < -0.4 is 0 Å². The van der Waals surface area contributed by atoms with Gasteiger partial charge in [-0.3, -0.25) is 0 Å². The summed E-state index contributed by atoms with van der Waals surface area (Å²) in [5, 5.41) is 4.75. The molecule has 18 heavy (non-hydrogen) atoms. The lowest BCUT2D eigenvalue weighted by atomic mass is 10.2. The molecule has 1 fully saturated rings. The Kier molecular flexibility index (Phi) is 3.30. The van der Waals surface area contributed by atoms with Gasteiger partial charge in [0.15, 0.2) is 12.0 Å². The van der Waals surface area contributed by atoms with Gasteiger partial charge < -0.3 is 4.74 Å². The van der Waals surface area contributed by atoms with Crippen LogP contribution in [0.1, 0.15) is 25.5 Å². The van der Waals surface area contributed by atoms with Gasteiger partial charge >= 0.3 is 0 Å². The first-order valence-corrected chi connectivity index (χ1v) is 6.98. The second-order valence-corrected chi connectivity index (χ2v) is 5.56. The molecular formula is C12H11BrClFN2O. The molecule has 0 spiro atoms. The minimum absolute atomic E-state index is 0.0895. The number of rotatable bonds is 1. The fraction of sp³-hybridized carbons (Fsp3) is 0.417. The maximum atomic E-state index is 14.0. The lowest BCUT2D eigenvalue weighted by Crippen LogP contribution is -2.18. The van der Waals surface area contributed by atoms with E-state index in [9.17, 15) is 4.39 Å². The number of fused-ring (bicyclic) bond motifs is 1. The summed E-state index contributed by atoms with van der Waals surface area (Å²) in [4.78, 5) is 0. The van der Waals surface area contributed by atoms with Crippen LogP contribution in [0.4, 0.5) is 4.39 Å². The summed E-state index contributed by atoms with van der Waals surface area (Å²) in [6, 6.07) is 1.78. The van der Waals surface area contributed by atoms with Crippen LogP contribution in [0.15, 0.2) is 16.7 Å². The van der Waals surface area contributed by atoms with E-state index in [1.807, 2.05) is 0 Å². The zero-order valence-corrected chi connectivity index (χ0v) is 11.8. The second kappa shape index (κ2) is 4.79. The van der Waals surface area contributed by atoms with Crippen LogP contribution in [0.25, 0.3) is 10.9 Å². The fourth-order valence-corrected chi connectivity index (χ4v) is 2.78. The van der Waals surface area contributed by atoms with Crippen LogP contribution in [-0.4, -0.2) is 16.4 Å². The van der Waals surface area contributed by atoms with Gasteiger partial charge in [-0.25, -0.2) is 9.07 Å². The molecule has 3 nitrogen and oxygen atoms in total. The van der Waals surface area contributed by atoms with E-state index in [4.69, 9.17) is 16.3 Å². The van der Waals surface area contributed by atoms with Gasteiger partial charge in [0.1, 0.15) is 0 Å². The summed E-state index contributed by atoms with van der Waals surface area (Å²) < 4.78 is 21.9. The Morgan fingerprint density at radius 1 is 1.50 bits per heavy atom. The SMILES string of the molecule is Fc1c(Cl)c(Br)cc2c1cnn2C1CCCCO1. The lowest BCUT2D eigenvalue weighted by Gasteiger charge is -2.23. The number of ether oxygens (including phenoxy) is 1. The molecule has 6 heteroatoms. The Bertz CT molecular complexity index is 595. The van der Waals surface area contributed by atoms with Crippen molar-refractivity contribution in [1.82, 2.24) is 9.78 Å². The standard InChI is InChI=1S/C12H11BrClFN2O/c13-8-5-9-7(12(15)11(8)14)6-16-17(9)10-3-1-2-4-18-10/h5-6,10H,1-4H2. The minimum atomic E-state index is -0.442. The van der Waals surface area contributed by atoms with E-state index < -0.39 is 5.82 Å².